The normalized spacial score (nSPS) is 25.5. The zero-order valence-electron chi connectivity index (χ0n) is 13.3. The van der Waals surface area contributed by atoms with Crippen LogP contribution >= 0.6 is 0 Å². The molecule has 4 nitrogen and oxygen atoms in total. The Bertz CT molecular complexity index is 706. The third-order valence-electron chi connectivity index (χ3n) is 4.95. The summed E-state index contributed by atoms with van der Waals surface area (Å²) in [5.41, 5.74) is 0.555. The maximum atomic E-state index is 13.1. The molecule has 2 aliphatic heterocycles. The molecule has 0 spiro atoms. The summed E-state index contributed by atoms with van der Waals surface area (Å²) in [7, 11) is 0. The summed E-state index contributed by atoms with van der Waals surface area (Å²) in [6.07, 6.45) is 7.23. The van der Waals surface area contributed by atoms with Crippen LogP contribution in [0.2, 0.25) is 0 Å². The quantitative estimate of drug-likeness (QED) is 0.868. The third kappa shape index (κ3) is 2.86. The van der Waals surface area contributed by atoms with Crippen molar-refractivity contribution >= 4 is 5.91 Å². The zero-order chi connectivity index (χ0) is 16.5. The zero-order valence-corrected chi connectivity index (χ0v) is 13.3. The molecule has 4 rings (SSSR count). The van der Waals surface area contributed by atoms with Crippen molar-refractivity contribution in [1.29, 1.82) is 0 Å². The smallest absolute Gasteiger partial charge is 0.254 e. The van der Waals surface area contributed by atoms with Crippen LogP contribution in [-0.2, 0) is 0 Å². The molecule has 0 aliphatic carbocycles. The van der Waals surface area contributed by atoms with Gasteiger partial charge in [0.05, 0.1) is 6.20 Å². The van der Waals surface area contributed by atoms with Crippen LogP contribution < -0.4 is 4.74 Å². The number of benzene rings is 1. The lowest BCUT2D eigenvalue weighted by molar-refractivity contribution is 0.0358. The third-order valence-corrected chi connectivity index (χ3v) is 4.95. The standard InChI is InChI=1S/C19H19FN2O2/c20-14-5-3-13(4-6-14)19(23)22-15-7-8-16(22)11-18(10-15)24-17-2-1-9-21-12-17/h1-6,9,12,15-16,18H,7-8,10-11H2. The monoisotopic (exact) mass is 326 g/mol. The van der Waals surface area contributed by atoms with Crippen LogP contribution in [-0.4, -0.2) is 34.0 Å². The number of fused-ring (bicyclic) bond motifs is 2. The van der Waals surface area contributed by atoms with Crippen LogP contribution in [0.5, 0.6) is 5.75 Å². The van der Waals surface area contributed by atoms with E-state index in [4.69, 9.17) is 4.74 Å². The number of aromatic nitrogens is 1. The van der Waals surface area contributed by atoms with E-state index >= 15 is 0 Å². The summed E-state index contributed by atoms with van der Waals surface area (Å²) in [6.45, 7) is 0. The topological polar surface area (TPSA) is 42.4 Å². The molecule has 5 heteroatoms. The average molecular weight is 326 g/mol. The molecule has 0 radical (unpaired) electrons. The van der Waals surface area contributed by atoms with Gasteiger partial charge in [-0.25, -0.2) is 4.39 Å². The molecule has 1 amide bonds. The second kappa shape index (κ2) is 6.23. The molecular formula is C19H19FN2O2. The molecule has 2 aromatic rings. The lowest BCUT2D eigenvalue weighted by Crippen LogP contribution is -2.49. The molecule has 3 heterocycles. The van der Waals surface area contributed by atoms with E-state index in [1.807, 2.05) is 17.0 Å². The number of ether oxygens (including phenoxy) is 1. The van der Waals surface area contributed by atoms with Gasteiger partial charge in [-0.15, -0.1) is 0 Å². The molecule has 1 aromatic carbocycles. The summed E-state index contributed by atoms with van der Waals surface area (Å²) in [5, 5.41) is 0. The first-order chi connectivity index (χ1) is 11.7. The number of piperidine rings is 1. The molecule has 24 heavy (non-hydrogen) atoms. The van der Waals surface area contributed by atoms with Gasteiger partial charge in [0.25, 0.3) is 5.91 Å². The molecular weight excluding hydrogens is 307 g/mol. The number of halogens is 1. The highest BCUT2D eigenvalue weighted by atomic mass is 19.1. The summed E-state index contributed by atoms with van der Waals surface area (Å²) in [5.74, 6) is 0.459. The van der Waals surface area contributed by atoms with Crippen LogP contribution in [0, 0.1) is 5.82 Å². The van der Waals surface area contributed by atoms with Crippen LogP contribution in [0.3, 0.4) is 0 Å². The lowest BCUT2D eigenvalue weighted by atomic mass is 9.98. The van der Waals surface area contributed by atoms with Crippen molar-refractivity contribution in [2.45, 2.75) is 43.9 Å². The van der Waals surface area contributed by atoms with E-state index in [0.29, 0.717) is 5.56 Å². The first kappa shape index (κ1) is 15.1. The highest BCUT2D eigenvalue weighted by Gasteiger charge is 2.44. The summed E-state index contributed by atoms with van der Waals surface area (Å²) >= 11 is 0. The highest BCUT2D eigenvalue weighted by molar-refractivity contribution is 5.94. The number of carbonyl (C=O) groups excluding carboxylic acids is 1. The minimum Gasteiger partial charge on any atom is -0.489 e. The molecule has 2 atom stereocenters. The largest absolute Gasteiger partial charge is 0.489 e. The van der Waals surface area contributed by atoms with Crippen molar-refractivity contribution in [2.75, 3.05) is 0 Å². The van der Waals surface area contributed by atoms with E-state index in [-0.39, 0.29) is 29.9 Å². The highest BCUT2D eigenvalue weighted by Crippen LogP contribution is 2.38. The van der Waals surface area contributed by atoms with Crippen molar-refractivity contribution in [3.8, 4) is 5.75 Å². The number of nitrogens with zero attached hydrogens (tertiary/aromatic N) is 2. The Morgan fingerprint density at radius 1 is 1.12 bits per heavy atom. The number of pyridine rings is 1. The summed E-state index contributed by atoms with van der Waals surface area (Å²) < 4.78 is 19.1. The first-order valence-electron chi connectivity index (χ1n) is 8.35. The van der Waals surface area contributed by atoms with E-state index in [1.165, 1.54) is 12.1 Å². The van der Waals surface area contributed by atoms with Gasteiger partial charge in [-0.05, 0) is 49.2 Å². The van der Waals surface area contributed by atoms with Gasteiger partial charge in [0.15, 0.2) is 0 Å². The van der Waals surface area contributed by atoms with Crippen LogP contribution in [0.4, 0.5) is 4.39 Å². The minimum absolute atomic E-state index is 0.00216. The predicted octanol–water partition coefficient (Wildman–Crippen LogP) is 3.44. The first-order valence-corrected chi connectivity index (χ1v) is 8.35. The Labute approximate surface area is 140 Å². The summed E-state index contributed by atoms with van der Waals surface area (Å²) in [4.78, 5) is 18.8. The van der Waals surface area contributed by atoms with Gasteiger partial charge in [0.2, 0.25) is 0 Å². The van der Waals surface area contributed by atoms with Gasteiger partial charge < -0.3 is 9.64 Å². The second-order valence-electron chi connectivity index (χ2n) is 6.50. The molecule has 1 aromatic heterocycles. The van der Waals surface area contributed by atoms with Gasteiger partial charge in [0, 0.05) is 36.7 Å². The van der Waals surface area contributed by atoms with Crippen molar-refractivity contribution < 1.29 is 13.9 Å². The van der Waals surface area contributed by atoms with Crippen molar-refractivity contribution in [3.63, 3.8) is 0 Å². The predicted molar refractivity (Wildman–Crippen MR) is 87.3 cm³/mol. The van der Waals surface area contributed by atoms with Crippen molar-refractivity contribution in [3.05, 3.63) is 60.2 Å². The Hall–Kier alpha value is -2.43. The van der Waals surface area contributed by atoms with Gasteiger partial charge >= 0.3 is 0 Å². The van der Waals surface area contributed by atoms with Crippen molar-refractivity contribution in [2.24, 2.45) is 0 Å². The van der Waals surface area contributed by atoms with E-state index in [2.05, 4.69) is 4.98 Å². The van der Waals surface area contributed by atoms with Crippen LogP contribution in [0.25, 0.3) is 0 Å². The molecule has 2 saturated heterocycles. The van der Waals surface area contributed by atoms with Gasteiger partial charge in [-0.1, -0.05) is 0 Å². The van der Waals surface area contributed by atoms with Gasteiger partial charge in [0.1, 0.15) is 17.7 Å². The van der Waals surface area contributed by atoms with E-state index in [1.54, 1.807) is 24.5 Å². The maximum Gasteiger partial charge on any atom is 0.254 e. The number of amides is 1. The van der Waals surface area contributed by atoms with E-state index in [9.17, 15) is 9.18 Å². The maximum absolute atomic E-state index is 13.1. The van der Waals surface area contributed by atoms with Crippen molar-refractivity contribution in [1.82, 2.24) is 9.88 Å². The van der Waals surface area contributed by atoms with E-state index in [0.717, 1.165) is 31.4 Å². The van der Waals surface area contributed by atoms with E-state index < -0.39 is 0 Å². The van der Waals surface area contributed by atoms with Crippen LogP contribution in [0.1, 0.15) is 36.0 Å². The molecule has 0 saturated carbocycles. The number of rotatable bonds is 3. The lowest BCUT2D eigenvalue weighted by Gasteiger charge is -2.39. The molecule has 2 fully saturated rings. The minimum atomic E-state index is -0.321. The Balaban J connectivity index is 1.47. The fourth-order valence-electron chi connectivity index (χ4n) is 3.91. The Kier molecular flexibility index (Phi) is 3.92. The molecule has 0 N–H and O–H groups in total. The van der Waals surface area contributed by atoms with Gasteiger partial charge in [-0.2, -0.15) is 0 Å². The van der Waals surface area contributed by atoms with Crippen LogP contribution in [0.15, 0.2) is 48.8 Å². The van der Waals surface area contributed by atoms with Gasteiger partial charge in [-0.3, -0.25) is 9.78 Å². The molecule has 2 aliphatic rings. The number of hydrogen-bond donors (Lipinski definition) is 0. The Morgan fingerprint density at radius 2 is 1.83 bits per heavy atom. The Morgan fingerprint density at radius 3 is 2.46 bits per heavy atom. The second-order valence-corrected chi connectivity index (χ2v) is 6.50. The molecule has 2 unspecified atom stereocenters. The molecule has 124 valence electrons. The summed E-state index contributed by atoms with van der Waals surface area (Å²) in [6, 6.07) is 9.97. The number of carbonyl (C=O) groups is 1. The fraction of sp³-hybridized carbons (Fsp3) is 0.368. The average Bonchev–Trinajstić information content (AvgIpc) is 2.87. The fourth-order valence-corrected chi connectivity index (χ4v) is 3.91. The SMILES string of the molecule is O=C(c1ccc(F)cc1)N1C2CCC1CC(Oc1cccnc1)C2. The molecule has 2 bridgehead atoms. The number of hydrogen-bond acceptors (Lipinski definition) is 3.